The van der Waals surface area contributed by atoms with Crippen molar-refractivity contribution in [3.63, 3.8) is 0 Å². The molecule has 0 spiro atoms. The monoisotopic (exact) mass is 542 g/mol. The van der Waals surface area contributed by atoms with Crippen molar-refractivity contribution < 1.29 is 19.8 Å². The molecule has 0 amide bonds. The first-order valence-corrected chi connectivity index (χ1v) is 13.8. The summed E-state index contributed by atoms with van der Waals surface area (Å²) in [6.07, 6.45) is 0. The Hall–Kier alpha value is -3.56. The van der Waals surface area contributed by atoms with Gasteiger partial charge in [-0.1, -0.05) is 59.9 Å². The van der Waals surface area contributed by atoms with Crippen molar-refractivity contribution in [3.8, 4) is 0 Å². The molecule has 0 aliphatic heterocycles. The Balaban J connectivity index is 1.62. The molecule has 192 valence electrons. The van der Waals surface area contributed by atoms with Crippen LogP contribution in [-0.4, -0.2) is 48.1 Å². The van der Waals surface area contributed by atoms with E-state index < -0.39 is 0 Å². The highest BCUT2D eigenvalue weighted by Gasteiger charge is 2.35. The smallest absolute Gasteiger partial charge is 0.196 e. The van der Waals surface area contributed by atoms with Crippen molar-refractivity contribution in [1.29, 1.82) is 0 Å². The number of hydrogen-bond acceptors (Lipinski definition) is 8. The molecule has 0 atom stereocenters. The second-order valence-corrected chi connectivity index (χ2v) is 10.9. The molecule has 1 aliphatic rings. The lowest BCUT2D eigenvalue weighted by molar-refractivity contribution is 0.0979. The summed E-state index contributed by atoms with van der Waals surface area (Å²) in [4.78, 5) is 31.6. The summed E-state index contributed by atoms with van der Waals surface area (Å²) >= 11 is 2.99. The Bertz CT molecular complexity index is 1360. The second kappa shape index (κ2) is 11.9. The number of fused-ring (bicyclic) bond motifs is 2. The zero-order valence-corrected chi connectivity index (χ0v) is 22.1. The van der Waals surface area contributed by atoms with Crippen LogP contribution in [0.1, 0.15) is 31.8 Å². The van der Waals surface area contributed by atoms with Gasteiger partial charge in [-0.25, -0.2) is 0 Å². The van der Waals surface area contributed by atoms with E-state index in [2.05, 4.69) is 10.6 Å². The van der Waals surface area contributed by atoms with Gasteiger partial charge in [-0.15, -0.1) is 0 Å². The van der Waals surface area contributed by atoms with E-state index in [4.69, 9.17) is 0 Å². The van der Waals surface area contributed by atoms with Crippen molar-refractivity contribution in [2.24, 2.45) is 0 Å². The van der Waals surface area contributed by atoms with Crippen molar-refractivity contribution in [2.45, 2.75) is 19.6 Å². The molecule has 0 fully saturated rings. The maximum absolute atomic E-state index is 14.0. The largest absolute Gasteiger partial charge is 0.395 e. The van der Waals surface area contributed by atoms with Gasteiger partial charge in [-0.2, -0.15) is 0 Å². The fraction of sp³-hybridized carbons (Fsp3) is 0.133. The fourth-order valence-corrected chi connectivity index (χ4v) is 6.21. The first-order chi connectivity index (χ1) is 18.6. The Morgan fingerprint density at radius 3 is 1.32 bits per heavy atom. The molecule has 5 rings (SSSR count). The van der Waals surface area contributed by atoms with Gasteiger partial charge in [0.15, 0.2) is 11.6 Å². The van der Waals surface area contributed by atoms with E-state index in [9.17, 15) is 19.8 Å². The SMILES string of the molecule is O=C1c2cc(Sc3ccccc3)cc(NCCO)c2C(=O)c2cc(Sc3ccccc3)cc(NCCO)c21. The lowest BCUT2D eigenvalue weighted by Gasteiger charge is -2.25. The van der Waals surface area contributed by atoms with E-state index in [1.807, 2.05) is 72.8 Å². The summed E-state index contributed by atoms with van der Waals surface area (Å²) in [5, 5.41) is 25.2. The van der Waals surface area contributed by atoms with Crippen molar-refractivity contribution in [3.05, 3.63) is 107 Å². The molecule has 0 aromatic heterocycles. The topological polar surface area (TPSA) is 98.7 Å². The van der Waals surface area contributed by atoms with Crippen LogP contribution in [0, 0.1) is 0 Å². The first kappa shape index (κ1) is 26.1. The van der Waals surface area contributed by atoms with Crippen LogP contribution >= 0.6 is 23.5 Å². The lowest BCUT2D eigenvalue weighted by Crippen LogP contribution is -2.25. The minimum Gasteiger partial charge on any atom is -0.395 e. The highest BCUT2D eigenvalue weighted by atomic mass is 32.2. The Kier molecular flexibility index (Phi) is 8.14. The molecule has 1 aliphatic carbocycles. The Labute approximate surface area is 229 Å². The van der Waals surface area contributed by atoms with Gasteiger partial charge in [-0.05, 0) is 48.5 Å². The number of rotatable bonds is 10. The molecule has 4 aromatic rings. The number of carbonyl (C=O) groups is 2. The van der Waals surface area contributed by atoms with E-state index in [0.717, 1.165) is 19.6 Å². The molecule has 0 heterocycles. The maximum Gasteiger partial charge on any atom is 0.196 e. The number of hydrogen-bond donors (Lipinski definition) is 4. The van der Waals surface area contributed by atoms with Crippen LogP contribution in [-0.2, 0) is 0 Å². The molecule has 6 nitrogen and oxygen atoms in total. The number of ketones is 2. The summed E-state index contributed by atoms with van der Waals surface area (Å²) < 4.78 is 0. The van der Waals surface area contributed by atoms with E-state index >= 15 is 0 Å². The van der Waals surface area contributed by atoms with Gasteiger partial charge < -0.3 is 20.8 Å². The Morgan fingerprint density at radius 2 is 0.947 bits per heavy atom. The minimum absolute atomic E-state index is 0.114. The molecular formula is C30H26N2O4S2. The van der Waals surface area contributed by atoms with E-state index in [-0.39, 0.29) is 37.9 Å². The van der Waals surface area contributed by atoms with Crippen molar-refractivity contribution in [1.82, 2.24) is 0 Å². The molecule has 38 heavy (non-hydrogen) atoms. The second-order valence-electron chi connectivity index (χ2n) is 8.58. The predicted octanol–water partition coefficient (Wildman–Crippen LogP) is 5.57. The first-order valence-electron chi connectivity index (χ1n) is 12.2. The standard InChI is InChI=1S/C30H26N2O4S2/c33-13-11-31-25-17-21(37-19-7-3-1-4-8-19)15-23-27(25)30(36)24-16-22(38-20-9-5-2-6-10-20)18-26(32-12-14-34)28(24)29(23)35/h1-10,15-18,31-34H,11-14H2. The van der Waals surface area contributed by atoms with Crippen molar-refractivity contribution in [2.75, 3.05) is 36.9 Å². The van der Waals surface area contributed by atoms with Crippen LogP contribution in [0.25, 0.3) is 0 Å². The molecule has 0 radical (unpaired) electrons. The molecular weight excluding hydrogens is 516 g/mol. The summed E-state index contributed by atoms with van der Waals surface area (Å²) in [6.45, 7) is 0.258. The van der Waals surface area contributed by atoms with Gasteiger partial charge in [0.05, 0.1) is 24.3 Å². The maximum atomic E-state index is 14.0. The van der Waals surface area contributed by atoms with Gasteiger partial charge in [0, 0.05) is 55.2 Å². The fourth-order valence-electron chi connectivity index (χ4n) is 4.38. The number of carbonyl (C=O) groups excluding carboxylic acids is 2. The third-order valence-corrected chi connectivity index (χ3v) is 7.94. The molecule has 4 N–H and O–H groups in total. The number of nitrogens with one attached hydrogen (secondary N) is 2. The van der Waals surface area contributed by atoms with Crippen LogP contribution in [0.2, 0.25) is 0 Å². The van der Waals surface area contributed by atoms with Crippen molar-refractivity contribution >= 4 is 46.5 Å². The van der Waals surface area contributed by atoms with Gasteiger partial charge in [0.25, 0.3) is 0 Å². The van der Waals surface area contributed by atoms with Gasteiger partial charge >= 0.3 is 0 Å². The third-order valence-electron chi connectivity index (χ3n) is 5.98. The normalized spacial score (nSPS) is 12.2. The zero-order chi connectivity index (χ0) is 26.5. The number of aliphatic hydroxyl groups excluding tert-OH is 2. The minimum atomic E-state index is -0.256. The zero-order valence-electron chi connectivity index (χ0n) is 20.4. The molecule has 0 unspecified atom stereocenters. The van der Waals surface area contributed by atoms with Crippen LogP contribution in [0.15, 0.2) is 105 Å². The van der Waals surface area contributed by atoms with Crippen LogP contribution in [0.4, 0.5) is 11.4 Å². The van der Waals surface area contributed by atoms with Crippen LogP contribution < -0.4 is 10.6 Å². The van der Waals surface area contributed by atoms with Gasteiger partial charge in [-0.3, -0.25) is 9.59 Å². The summed E-state index contributed by atoms with van der Waals surface area (Å²) in [5.41, 5.74) is 2.29. The highest BCUT2D eigenvalue weighted by Crippen LogP contribution is 2.42. The number of benzene rings is 4. The molecule has 8 heteroatoms. The number of anilines is 2. The summed E-state index contributed by atoms with van der Waals surface area (Å²) in [5.74, 6) is -0.511. The van der Waals surface area contributed by atoms with Gasteiger partial charge in [0.1, 0.15) is 0 Å². The molecule has 0 saturated heterocycles. The summed E-state index contributed by atoms with van der Waals surface area (Å²) in [6, 6.07) is 26.8. The molecule has 0 saturated carbocycles. The highest BCUT2D eigenvalue weighted by molar-refractivity contribution is 7.99. The summed E-state index contributed by atoms with van der Waals surface area (Å²) in [7, 11) is 0. The number of aliphatic hydroxyl groups is 2. The molecule has 0 bridgehead atoms. The van der Waals surface area contributed by atoms with E-state index in [0.29, 0.717) is 33.6 Å². The van der Waals surface area contributed by atoms with Crippen LogP contribution in [0.5, 0.6) is 0 Å². The lowest BCUT2D eigenvalue weighted by atomic mass is 9.82. The van der Waals surface area contributed by atoms with E-state index in [1.165, 1.54) is 23.5 Å². The third kappa shape index (κ3) is 5.49. The Morgan fingerprint density at radius 1 is 0.553 bits per heavy atom. The van der Waals surface area contributed by atoms with Crippen LogP contribution in [0.3, 0.4) is 0 Å². The molecule has 4 aromatic carbocycles. The predicted molar refractivity (Wildman–Crippen MR) is 152 cm³/mol. The van der Waals surface area contributed by atoms with E-state index in [1.54, 1.807) is 12.1 Å². The quantitative estimate of drug-likeness (QED) is 0.182. The average Bonchev–Trinajstić information content (AvgIpc) is 2.94. The average molecular weight is 543 g/mol. The van der Waals surface area contributed by atoms with Gasteiger partial charge in [0.2, 0.25) is 0 Å².